The van der Waals surface area contributed by atoms with Gasteiger partial charge in [0.15, 0.2) is 0 Å². The van der Waals surface area contributed by atoms with E-state index in [1.807, 2.05) is 12.1 Å². The number of rotatable bonds is 5. The lowest BCUT2D eigenvalue weighted by Crippen LogP contribution is -2.00. The summed E-state index contributed by atoms with van der Waals surface area (Å²) >= 11 is 6.10. The minimum atomic E-state index is -0.256. The van der Waals surface area contributed by atoms with Crippen LogP contribution in [0.5, 0.6) is 5.75 Å². The summed E-state index contributed by atoms with van der Waals surface area (Å²) in [4.78, 5) is 0. The number of nitrogens with one attached hydrogen (secondary N) is 1. The normalized spacial score (nSPS) is 9.85. The van der Waals surface area contributed by atoms with Crippen LogP contribution in [0.25, 0.3) is 0 Å². The molecule has 0 heterocycles. The molecule has 0 aliphatic rings. The van der Waals surface area contributed by atoms with Crippen molar-refractivity contribution in [2.24, 2.45) is 0 Å². The Morgan fingerprint density at radius 3 is 2.60 bits per heavy atom. The van der Waals surface area contributed by atoms with Crippen LogP contribution in [0.1, 0.15) is 5.56 Å². The van der Waals surface area contributed by atoms with Crippen LogP contribution in [0.15, 0.2) is 42.5 Å². The zero-order valence-electron chi connectivity index (χ0n) is 10.7. The average molecular weight is 290 g/mol. The Morgan fingerprint density at radius 1 is 1.20 bits per heavy atom. The number of hydrogen-bond donors (Lipinski definition) is 1. The van der Waals surface area contributed by atoms with Crippen molar-refractivity contribution < 1.29 is 9.13 Å². The van der Waals surface area contributed by atoms with Gasteiger partial charge in [0.2, 0.25) is 0 Å². The Hall–Kier alpha value is -2.18. The molecule has 0 amide bonds. The van der Waals surface area contributed by atoms with Crippen LogP contribution in [-0.2, 0) is 6.54 Å². The van der Waals surface area contributed by atoms with Gasteiger partial charge in [0.05, 0.1) is 5.02 Å². The van der Waals surface area contributed by atoms with Crippen molar-refractivity contribution in [1.29, 1.82) is 0 Å². The summed E-state index contributed by atoms with van der Waals surface area (Å²) in [6.45, 7) is 0.771. The monoisotopic (exact) mass is 289 g/mol. The van der Waals surface area contributed by atoms with E-state index < -0.39 is 0 Å². The molecule has 2 aromatic carbocycles. The van der Waals surface area contributed by atoms with E-state index in [4.69, 9.17) is 22.8 Å². The summed E-state index contributed by atoms with van der Waals surface area (Å²) in [6.07, 6.45) is 5.12. The number of benzene rings is 2. The number of halogens is 2. The predicted molar refractivity (Wildman–Crippen MR) is 79.5 cm³/mol. The molecule has 0 aromatic heterocycles. The van der Waals surface area contributed by atoms with Crippen LogP contribution in [0.3, 0.4) is 0 Å². The van der Waals surface area contributed by atoms with E-state index in [-0.39, 0.29) is 12.4 Å². The van der Waals surface area contributed by atoms with Crippen LogP contribution < -0.4 is 10.1 Å². The lowest BCUT2D eigenvalue weighted by molar-refractivity contribution is 0.370. The molecule has 0 atom stereocenters. The van der Waals surface area contributed by atoms with Gasteiger partial charge in [-0.2, -0.15) is 0 Å². The second-order valence-electron chi connectivity index (χ2n) is 4.12. The van der Waals surface area contributed by atoms with Crippen LogP contribution in [0, 0.1) is 18.2 Å². The number of hydrogen-bond acceptors (Lipinski definition) is 2. The fourth-order valence-electron chi connectivity index (χ4n) is 1.66. The molecule has 0 aliphatic heterocycles. The lowest BCUT2D eigenvalue weighted by atomic mass is 10.2. The molecule has 0 unspecified atom stereocenters. The van der Waals surface area contributed by atoms with Crippen LogP contribution in [-0.4, -0.2) is 6.61 Å². The van der Waals surface area contributed by atoms with E-state index in [0.717, 1.165) is 11.3 Å². The van der Waals surface area contributed by atoms with E-state index in [0.29, 0.717) is 17.3 Å². The van der Waals surface area contributed by atoms with E-state index in [2.05, 4.69) is 11.2 Å². The molecule has 2 nitrogen and oxygen atoms in total. The Bertz CT molecular complexity index is 619. The van der Waals surface area contributed by atoms with Gasteiger partial charge >= 0.3 is 0 Å². The molecule has 0 saturated carbocycles. The second kappa shape index (κ2) is 6.83. The summed E-state index contributed by atoms with van der Waals surface area (Å²) in [5, 5.41) is 3.69. The van der Waals surface area contributed by atoms with Crippen molar-refractivity contribution in [2.75, 3.05) is 11.9 Å². The van der Waals surface area contributed by atoms with E-state index in [9.17, 15) is 4.39 Å². The smallest absolute Gasteiger partial charge is 0.148 e. The number of terminal acetylenes is 1. The summed E-state index contributed by atoms with van der Waals surface area (Å²) < 4.78 is 18.1. The molecule has 2 rings (SSSR count). The van der Waals surface area contributed by atoms with Gasteiger partial charge in [-0.05, 0) is 42.0 Å². The number of ether oxygens (including phenoxy) is 1. The Labute approximate surface area is 122 Å². The first-order chi connectivity index (χ1) is 9.69. The summed E-state index contributed by atoms with van der Waals surface area (Å²) in [5.74, 6) is 2.69. The Morgan fingerprint density at radius 2 is 1.95 bits per heavy atom. The quantitative estimate of drug-likeness (QED) is 0.837. The highest BCUT2D eigenvalue weighted by Gasteiger charge is 2.03. The molecule has 102 valence electrons. The topological polar surface area (TPSA) is 21.3 Å². The van der Waals surface area contributed by atoms with Gasteiger partial charge in [-0.25, -0.2) is 4.39 Å². The van der Waals surface area contributed by atoms with Gasteiger partial charge in [0.1, 0.15) is 18.2 Å². The first kappa shape index (κ1) is 14.2. The third kappa shape index (κ3) is 3.91. The molecule has 2 aromatic rings. The van der Waals surface area contributed by atoms with Crippen molar-refractivity contribution >= 4 is 17.3 Å². The van der Waals surface area contributed by atoms with E-state index in [1.54, 1.807) is 18.2 Å². The van der Waals surface area contributed by atoms with Crippen molar-refractivity contribution in [1.82, 2.24) is 0 Å². The zero-order chi connectivity index (χ0) is 14.4. The predicted octanol–water partition coefficient (Wildman–Crippen LogP) is 4.10. The van der Waals surface area contributed by atoms with Crippen molar-refractivity contribution in [3.8, 4) is 18.1 Å². The molecule has 20 heavy (non-hydrogen) atoms. The fourth-order valence-corrected chi connectivity index (χ4v) is 1.92. The third-order valence-corrected chi connectivity index (χ3v) is 2.94. The molecule has 0 radical (unpaired) electrons. The molecule has 0 spiro atoms. The van der Waals surface area contributed by atoms with Gasteiger partial charge in [-0.15, -0.1) is 6.42 Å². The van der Waals surface area contributed by atoms with Gasteiger partial charge in [-0.3, -0.25) is 0 Å². The first-order valence-corrected chi connectivity index (χ1v) is 6.41. The maximum absolute atomic E-state index is 12.8. The summed E-state index contributed by atoms with van der Waals surface area (Å²) in [7, 11) is 0. The standard InChI is InChI=1S/C16H13ClFNO/c1-2-9-20-16-8-3-12(10-15(16)17)11-19-14-6-4-13(18)5-7-14/h1,3-8,10,19H,9,11H2. The van der Waals surface area contributed by atoms with Crippen LogP contribution >= 0.6 is 11.6 Å². The molecule has 4 heteroatoms. The van der Waals surface area contributed by atoms with Crippen LogP contribution in [0.4, 0.5) is 10.1 Å². The van der Waals surface area contributed by atoms with E-state index in [1.165, 1.54) is 12.1 Å². The molecular weight excluding hydrogens is 277 g/mol. The highest BCUT2D eigenvalue weighted by Crippen LogP contribution is 2.25. The molecule has 0 fully saturated rings. The van der Waals surface area contributed by atoms with Gasteiger partial charge in [0.25, 0.3) is 0 Å². The first-order valence-electron chi connectivity index (χ1n) is 6.03. The fraction of sp³-hybridized carbons (Fsp3) is 0.125. The van der Waals surface area contributed by atoms with Gasteiger partial charge in [-0.1, -0.05) is 23.6 Å². The minimum absolute atomic E-state index is 0.187. The molecule has 0 saturated heterocycles. The zero-order valence-corrected chi connectivity index (χ0v) is 11.5. The lowest BCUT2D eigenvalue weighted by Gasteiger charge is -2.09. The van der Waals surface area contributed by atoms with Crippen molar-refractivity contribution in [2.45, 2.75) is 6.54 Å². The van der Waals surface area contributed by atoms with Crippen molar-refractivity contribution in [3.63, 3.8) is 0 Å². The van der Waals surface area contributed by atoms with Crippen LogP contribution in [0.2, 0.25) is 5.02 Å². The average Bonchev–Trinajstić information content (AvgIpc) is 2.46. The molecular formula is C16H13ClFNO. The van der Waals surface area contributed by atoms with Crippen molar-refractivity contribution in [3.05, 3.63) is 58.9 Å². The summed E-state index contributed by atoms with van der Waals surface area (Å²) in [6, 6.07) is 11.7. The minimum Gasteiger partial charge on any atom is -0.479 e. The summed E-state index contributed by atoms with van der Waals surface area (Å²) in [5.41, 5.74) is 1.84. The van der Waals surface area contributed by atoms with E-state index >= 15 is 0 Å². The van der Waals surface area contributed by atoms with Gasteiger partial charge < -0.3 is 10.1 Å². The highest BCUT2D eigenvalue weighted by molar-refractivity contribution is 6.32. The maximum Gasteiger partial charge on any atom is 0.148 e. The molecule has 0 bridgehead atoms. The second-order valence-corrected chi connectivity index (χ2v) is 4.53. The molecule has 1 N–H and O–H groups in total. The highest BCUT2D eigenvalue weighted by atomic mass is 35.5. The third-order valence-electron chi connectivity index (χ3n) is 2.65. The SMILES string of the molecule is C#CCOc1ccc(CNc2ccc(F)cc2)cc1Cl. The molecule has 0 aliphatic carbocycles. The largest absolute Gasteiger partial charge is 0.479 e. The maximum atomic E-state index is 12.8. The Kier molecular flexibility index (Phi) is 4.86. The number of anilines is 1. The van der Waals surface area contributed by atoms with Gasteiger partial charge in [0, 0.05) is 12.2 Å². The Balaban J connectivity index is 1.98.